The van der Waals surface area contributed by atoms with Crippen LogP contribution in [0.15, 0.2) is 24.3 Å². The minimum Gasteiger partial charge on any atom is -0.467 e. The number of rotatable bonds is 4. The van der Waals surface area contributed by atoms with Crippen molar-refractivity contribution in [2.24, 2.45) is 0 Å². The van der Waals surface area contributed by atoms with Gasteiger partial charge in [0.2, 0.25) is 0 Å². The first-order valence-corrected chi connectivity index (χ1v) is 7.14. The number of piperidine rings is 1. The summed E-state index contributed by atoms with van der Waals surface area (Å²) >= 11 is 0. The monoisotopic (exact) mass is 277 g/mol. The minimum absolute atomic E-state index is 0.134. The second-order valence-corrected chi connectivity index (χ2v) is 5.49. The zero-order valence-electron chi connectivity index (χ0n) is 11.7. The van der Waals surface area contributed by atoms with Gasteiger partial charge in [-0.1, -0.05) is 12.5 Å². The lowest BCUT2D eigenvalue weighted by atomic mass is 9.85. The van der Waals surface area contributed by atoms with Gasteiger partial charge >= 0.3 is 0 Å². The maximum absolute atomic E-state index is 14.3. The highest BCUT2D eigenvalue weighted by molar-refractivity contribution is 5.68. The van der Waals surface area contributed by atoms with Crippen LogP contribution in [0.3, 0.4) is 0 Å². The summed E-state index contributed by atoms with van der Waals surface area (Å²) in [5.74, 6) is 0.285. The van der Waals surface area contributed by atoms with E-state index in [1.54, 1.807) is 13.2 Å². The normalized spacial score (nSPS) is 25.2. The van der Waals surface area contributed by atoms with E-state index in [1.165, 1.54) is 18.9 Å². The van der Waals surface area contributed by atoms with E-state index in [0.29, 0.717) is 23.4 Å². The number of halogens is 1. The largest absolute Gasteiger partial charge is 0.467 e. The molecular formula is C16H20FNO2. The molecule has 4 heteroatoms. The van der Waals surface area contributed by atoms with E-state index in [9.17, 15) is 4.39 Å². The summed E-state index contributed by atoms with van der Waals surface area (Å²) in [7, 11) is 1.54. The van der Waals surface area contributed by atoms with Gasteiger partial charge in [0, 0.05) is 30.8 Å². The maximum atomic E-state index is 14.3. The first-order valence-electron chi connectivity index (χ1n) is 7.14. The van der Waals surface area contributed by atoms with E-state index in [2.05, 4.69) is 11.4 Å². The SMILES string of the molecule is COCOc1ccc(C2=CC3CCCC(C2)N3)c(F)c1. The first kappa shape index (κ1) is 13.6. The van der Waals surface area contributed by atoms with Gasteiger partial charge in [-0.15, -0.1) is 0 Å². The second kappa shape index (κ2) is 5.94. The topological polar surface area (TPSA) is 30.5 Å². The fourth-order valence-electron chi connectivity index (χ4n) is 3.10. The Bertz CT molecular complexity index is 515. The Kier molecular flexibility index (Phi) is 4.03. The van der Waals surface area contributed by atoms with E-state index >= 15 is 0 Å². The molecule has 108 valence electrons. The lowest BCUT2D eigenvalue weighted by molar-refractivity contribution is 0.0509. The quantitative estimate of drug-likeness (QED) is 0.858. The van der Waals surface area contributed by atoms with E-state index < -0.39 is 0 Å². The molecule has 1 fully saturated rings. The molecule has 2 heterocycles. The van der Waals surface area contributed by atoms with Crippen LogP contribution in [0.5, 0.6) is 5.75 Å². The molecule has 2 unspecified atom stereocenters. The molecule has 2 aliphatic rings. The maximum Gasteiger partial charge on any atom is 0.188 e. The zero-order chi connectivity index (χ0) is 13.9. The van der Waals surface area contributed by atoms with Crippen molar-refractivity contribution in [3.05, 3.63) is 35.7 Å². The smallest absolute Gasteiger partial charge is 0.188 e. The highest BCUT2D eigenvalue weighted by Crippen LogP contribution is 2.33. The highest BCUT2D eigenvalue weighted by atomic mass is 19.1. The zero-order valence-corrected chi connectivity index (χ0v) is 11.7. The molecule has 0 aromatic heterocycles. The number of hydrogen-bond donors (Lipinski definition) is 1. The molecule has 0 radical (unpaired) electrons. The third-order valence-corrected chi connectivity index (χ3v) is 4.02. The average Bonchev–Trinajstić information content (AvgIpc) is 2.44. The Hall–Kier alpha value is -1.39. The van der Waals surface area contributed by atoms with Gasteiger partial charge in [0.1, 0.15) is 11.6 Å². The van der Waals surface area contributed by atoms with Gasteiger partial charge in [-0.05, 0) is 37.0 Å². The highest BCUT2D eigenvalue weighted by Gasteiger charge is 2.26. The van der Waals surface area contributed by atoms with Crippen LogP contribution < -0.4 is 10.1 Å². The number of nitrogens with one attached hydrogen (secondary N) is 1. The summed E-state index contributed by atoms with van der Waals surface area (Å²) in [6.45, 7) is 0.134. The number of ether oxygens (including phenoxy) is 2. The predicted octanol–water partition coefficient (Wildman–Crippen LogP) is 3.11. The van der Waals surface area contributed by atoms with Gasteiger partial charge in [-0.2, -0.15) is 0 Å². The number of hydrogen-bond acceptors (Lipinski definition) is 3. The minimum atomic E-state index is -0.218. The molecule has 0 saturated carbocycles. The number of methoxy groups -OCH3 is 1. The Morgan fingerprint density at radius 3 is 3.00 bits per heavy atom. The van der Waals surface area contributed by atoms with E-state index in [1.807, 2.05) is 6.07 Å². The van der Waals surface area contributed by atoms with Crippen molar-refractivity contribution in [1.82, 2.24) is 5.32 Å². The molecule has 2 bridgehead atoms. The van der Waals surface area contributed by atoms with Crippen LogP contribution in [-0.4, -0.2) is 26.0 Å². The molecule has 20 heavy (non-hydrogen) atoms. The summed E-state index contributed by atoms with van der Waals surface area (Å²) in [6.07, 6.45) is 6.69. The molecule has 0 amide bonds. The van der Waals surface area contributed by atoms with Crippen LogP contribution in [0.2, 0.25) is 0 Å². The van der Waals surface area contributed by atoms with Crippen molar-refractivity contribution in [3.8, 4) is 5.75 Å². The van der Waals surface area contributed by atoms with Crippen LogP contribution >= 0.6 is 0 Å². The number of fused-ring (bicyclic) bond motifs is 2. The Morgan fingerprint density at radius 1 is 1.35 bits per heavy atom. The fraction of sp³-hybridized carbons (Fsp3) is 0.500. The molecule has 2 atom stereocenters. The summed E-state index contributed by atoms with van der Waals surface area (Å²) in [4.78, 5) is 0. The van der Waals surface area contributed by atoms with Crippen LogP contribution in [0.4, 0.5) is 4.39 Å². The average molecular weight is 277 g/mol. The predicted molar refractivity (Wildman–Crippen MR) is 76.1 cm³/mol. The third kappa shape index (κ3) is 2.86. The summed E-state index contributed by atoms with van der Waals surface area (Å²) in [5.41, 5.74) is 1.82. The lowest BCUT2D eigenvalue weighted by Gasteiger charge is -2.35. The molecule has 0 aliphatic carbocycles. The fourth-order valence-corrected chi connectivity index (χ4v) is 3.10. The van der Waals surface area contributed by atoms with Crippen LogP contribution in [-0.2, 0) is 4.74 Å². The lowest BCUT2D eigenvalue weighted by Crippen LogP contribution is -2.44. The van der Waals surface area contributed by atoms with Crippen molar-refractivity contribution in [1.29, 1.82) is 0 Å². The molecule has 2 aliphatic heterocycles. The van der Waals surface area contributed by atoms with Gasteiger partial charge in [-0.25, -0.2) is 4.39 Å². The Labute approximate surface area is 118 Å². The molecule has 1 saturated heterocycles. The van der Waals surface area contributed by atoms with Crippen LogP contribution in [0.25, 0.3) is 5.57 Å². The molecule has 0 spiro atoms. The third-order valence-electron chi connectivity index (χ3n) is 4.02. The van der Waals surface area contributed by atoms with E-state index in [-0.39, 0.29) is 12.6 Å². The van der Waals surface area contributed by atoms with Crippen molar-refractivity contribution >= 4 is 5.57 Å². The van der Waals surface area contributed by atoms with Crippen molar-refractivity contribution in [2.45, 2.75) is 37.8 Å². The Balaban J connectivity index is 1.81. The number of benzene rings is 1. The summed E-state index contributed by atoms with van der Waals surface area (Å²) < 4.78 is 24.3. The van der Waals surface area contributed by atoms with Crippen molar-refractivity contribution in [2.75, 3.05) is 13.9 Å². The second-order valence-electron chi connectivity index (χ2n) is 5.49. The summed E-state index contributed by atoms with van der Waals surface area (Å²) in [6, 6.07) is 5.95. The van der Waals surface area contributed by atoms with Crippen molar-refractivity contribution < 1.29 is 13.9 Å². The first-order chi connectivity index (χ1) is 9.76. The molecule has 3 rings (SSSR count). The molecule has 1 aromatic rings. The van der Waals surface area contributed by atoms with Gasteiger partial charge in [0.05, 0.1) is 0 Å². The van der Waals surface area contributed by atoms with Crippen molar-refractivity contribution in [3.63, 3.8) is 0 Å². The standard InChI is InChI=1S/C16H20FNO2/c1-19-10-20-14-5-6-15(16(17)9-14)11-7-12-3-2-4-13(8-11)18-12/h5-7,9,12-13,18H,2-4,8,10H2,1H3. The summed E-state index contributed by atoms with van der Waals surface area (Å²) in [5, 5.41) is 3.57. The Morgan fingerprint density at radius 2 is 2.25 bits per heavy atom. The van der Waals surface area contributed by atoms with Crippen LogP contribution in [0.1, 0.15) is 31.2 Å². The van der Waals surface area contributed by atoms with Gasteiger partial charge < -0.3 is 14.8 Å². The van der Waals surface area contributed by atoms with Gasteiger partial charge in [0.25, 0.3) is 0 Å². The van der Waals surface area contributed by atoms with Crippen LogP contribution in [0, 0.1) is 5.82 Å². The van der Waals surface area contributed by atoms with Gasteiger partial charge in [0.15, 0.2) is 6.79 Å². The molecule has 1 aromatic carbocycles. The molecule has 3 nitrogen and oxygen atoms in total. The van der Waals surface area contributed by atoms with Gasteiger partial charge in [-0.3, -0.25) is 0 Å². The van der Waals surface area contributed by atoms with E-state index in [0.717, 1.165) is 18.4 Å². The van der Waals surface area contributed by atoms with E-state index in [4.69, 9.17) is 9.47 Å². The molecule has 1 N–H and O–H groups in total. The molecular weight excluding hydrogens is 257 g/mol.